The van der Waals surface area contributed by atoms with E-state index in [1.807, 2.05) is 0 Å². The average Bonchev–Trinajstić information content (AvgIpc) is 3.30. The van der Waals surface area contributed by atoms with Crippen LogP contribution in [0.2, 0.25) is 0 Å². The van der Waals surface area contributed by atoms with E-state index in [-0.39, 0.29) is 31.1 Å². The Balaban J connectivity index is 4.44. The minimum Gasteiger partial charge on any atom is -0.462 e. The molecular weight excluding hydrogens is 805 g/mol. The van der Waals surface area contributed by atoms with E-state index in [0.29, 0.717) is 19.3 Å². The molecular formula is C59H98O6. The van der Waals surface area contributed by atoms with Crippen LogP contribution in [0.15, 0.2) is 97.2 Å². The first-order valence-electron chi connectivity index (χ1n) is 26.7. The van der Waals surface area contributed by atoms with Crippen LogP contribution < -0.4 is 0 Å². The van der Waals surface area contributed by atoms with Crippen LogP contribution in [0, 0.1) is 0 Å². The second-order valence-electron chi connectivity index (χ2n) is 17.4. The van der Waals surface area contributed by atoms with Gasteiger partial charge in [0.1, 0.15) is 13.2 Å². The summed E-state index contributed by atoms with van der Waals surface area (Å²) in [7, 11) is 0. The summed E-state index contributed by atoms with van der Waals surface area (Å²) in [5, 5.41) is 0. The molecule has 0 N–H and O–H groups in total. The van der Waals surface area contributed by atoms with E-state index < -0.39 is 6.10 Å². The molecule has 370 valence electrons. The fourth-order valence-electron chi connectivity index (χ4n) is 7.03. The topological polar surface area (TPSA) is 78.9 Å². The second-order valence-corrected chi connectivity index (χ2v) is 17.4. The van der Waals surface area contributed by atoms with E-state index in [0.717, 1.165) is 128 Å². The number of allylic oxidation sites excluding steroid dienone is 16. The molecule has 0 aliphatic heterocycles. The Hall–Kier alpha value is -3.67. The normalized spacial score (nSPS) is 12.8. The molecule has 0 spiro atoms. The number of carbonyl (C=O) groups is 3. The fraction of sp³-hybridized carbons (Fsp3) is 0.678. The van der Waals surface area contributed by atoms with E-state index in [9.17, 15) is 14.4 Å². The lowest BCUT2D eigenvalue weighted by molar-refractivity contribution is -0.167. The highest BCUT2D eigenvalue weighted by molar-refractivity contribution is 5.71. The van der Waals surface area contributed by atoms with E-state index >= 15 is 0 Å². The summed E-state index contributed by atoms with van der Waals surface area (Å²) in [5.74, 6) is -0.966. The van der Waals surface area contributed by atoms with Crippen LogP contribution in [0.25, 0.3) is 0 Å². The molecule has 0 aromatic heterocycles. The largest absolute Gasteiger partial charge is 0.462 e. The number of unbranched alkanes of at least 4 members (excludes halogenated alkanes) is 20. The quantitative estimate of drug-likeness (QED) is 0.0262. The third-order valence-electron chi connectivity index (χ3n) is 11.0. The zero-order valence-electron chi connectivity index (χ0n) is 42.2. The molecule has 1 atom stereocenters. The van der Waals surface area contributed by atoms with Crippen LogP contribution in [0.1, 0.15) is 239 Å². The predicted molar refractivity (Wildman–Crippen MR) is 279 cm³/mol. The monoisotopic (exact) mass is 903 g/mol. The smallest absolute Gasteiger partial charge is 0.306 e. The minimum absolute atomic E-state index is 0.100. The molecule has 0 bridgehead atoms. The highest BCUT2D eigenvalue weighted by Crippen LogP contribution is 2.13. The van der Waals surface area contributed by atoms with Crippen molar-refractivity contribution in [3.8, 4) is 0 Å². The summed E-state index contributed by atoms with van der Waals surface area (Å²) >= 11 is 0. The van der Waals surface area contributed by atoms with Crippen molar-refractivity contribution in [2.75, 3.05) is 13.2 Å². The summed E-state index contributed by atoms with van der Waals surface area (Å²) < 4.78 is 16.7. The van der Waals surface area contributed by atoms with Crippen molar-refractivity contribution < 1.29 is 28.6 Å². The van der Waals surface area contributed by atoms with Gasteiger partial charge in [-0.05, 0) is 116 Å². The molecule has 0 aliphatic carbocycles. The Morgan fingerprint density at radius 3 is 1.05 bits per heavy atom. The van der Waals surface area contributed by atoms with Gasteiger partial charge in [-0.25, -0.2) is 0 Å². The third kappa shape index (κ3) is 51.2. The lowest BCUT2D eigenvalue weighted by Gasteiger charge is -2.18. The van der Waals surface area contributed by atoms with Gasteiger partial charge in [0, 0.05) is 19.3 Å². The minimum atomic E-state index is -0.803. The Morgan fingerprint density at radius 2 is 0.631 bits per heavy atom. The van der Waals surface area contributed by atoms with Crippen LogP contribution in [-0.2, 0) is 28.6 Å². The molecule has 6 nitrogen and oxygen atoms in total. The average molecular weight is 903 g/mol. The van der Waals surface area contributed by atoms with Gasteiger partial charge in [-0.3, -0.25) is 14.4 Å². The number of ether oxygens (including phenoxy) is 3. The van der Waals surface area contributed by atoms with Crippen molar-refractivity contribution in [2.45, 2.75) is 245 Å². The summed E-state index contributed by atoms with van der Waals surface area (Å²) in [6.07, 6.45) is 69.7. The maximum atomic E-state index is 12.8. The summed E-state index contributed by atoms with van der Waals surface area (Å²) in [6, 6.07) is 0. The lowest BCUT2D eigenvalue weighted by atomic mass is 10.1. The molecule has 0 rings (SSSR count). The van der Waals surface area contributed by atoms with Crippen molar-refractivity contribution in [1.82, 2.24) is 0 Å². The van der Waals surface area contributed by atoms with E-state index in [2.05, 4.69) is 118 Å². The molecule has 0 aliphatic rings. The van der Waals surface area contributed by atoms with Crippen molar-refractivity contribution in [1.29, 1.82) is 0 Å². The lowest BCUT2D eigenvalue weighted by Crippen LogP contribution is -2.30. The first-order chi connectivity index (χ1) is 32.0. The molecule has 0 saturated carbocycles. The molecule has 0 aromatic carbocycles. The van der Waals surface area contributed by atoms with Gasteiger partial charge < -0.3 is 14.2 Å². The molecule has 0 aromatic rings. The number of hydrogen-bond acceptors (Lipinski definition) is 6. The Bertz CT molecular complexity index is 1310. The van der Waals surface area contributed by atoms with Crippen molar-refractivity contribution >= 4 is 17.9 Å². The van der Waals surface area contributed by atoms with E-state index in [4.69, 9.17) is 14.2 Å². The van der Waals surface area contributed by atoms with Gasteiger partial charge in [-0.1, -0.05) is 201 Å². The van der Waals surface area contributed by atoms with E-state index in [1.165, 1.54) is 70.6 Å². The van der Waals surface area contributed by atoms with Crippen molar-refractivity contribution in [2.24, 2.45) is 0 Å². The number of esters is 3. The molecule has 1 unspecified atom stereocenters. The number of carbonyl (C=O) groups excluding carboxylic acids is 3. The SMILES string of the molecule is CC/C=C\C/C=C\C/C=C\C/C=C\C/C=C\C/C=C\CCCCC(=O)OCC(COC(=O)CCCCCCC/C=C\CCC)OC(=O)CCCCCCC/C=C\CCCCCCCCC. The molecule has 0 amide bonds. The number of hydrogen-bond donors (Lipinski definition) is 0. The van der Waals surface area contributed by atoms with Gasteiger partial charge in [-0.15, -0.1) is 0 Å². The van der Waals surface area contributed by atoms with Crippen molar-refractivity contribution in [3.05, 3.63) is 97.2 Å². The van der Waals surface area contributed by atoms with Gasteiger partial charge in [0.2, 0.25) is 0 Å². The van der Waals surface area contributed by atoms with Crippen LogP contribution in [0.4, 0.5) is 0 Å². The summed E-state index contributed by atoms with van der Waals surface area (Å²) in [4.78, 5) is 38.0. The highest BCUT2D eigenvalue weighted by atomic mass is 16.6. The van der Waals surface area contributed by atoms with Crippen LogP contribution in [0.3, 0.4) is 0 Å². The summed E-state index contributed by atoms with van der Waals surface area (Å²) in [6.45, 7) is 6.40. The Morgan fingerprint density at radius 1 is 0.323 bits per heavy atom. The highest BCUT2D eigenvalue weighted by Gasteiger charge is 2.19. The fourth-order valence-corrected chi connectivity index (χ4v) is 7.03. The Labute approximate surface area is 400 Å². The van der Waals surface area contributed by atoms with Crippen LogP contribution in [0.5, 0.6) is 0 Å². The van der Waals surface area contributed by atoms with Crippen LogP contribution in [-0.4, -0.2) is 37.2 Å². The van der Waals surface area contributed by atoms with E-state index in [1.54, 1.807) is 0 Å². The van der Waals surface area contributed by atoms with Gasteiger partial charge >= 0.3 is 17.9 Å². The third-order valence-corrected chi connectivity index (χ3v) is 11.0. The first kappa shape index (κ1) is 61.3. The second kappa shape index (κ2) is 52.9. The number of rotatable bonds is 47. The van der Waals surface area contributed by atoms with Gasteiger partial charge in [0.05, 0.1) is 0 Å². The zero-order chi connectivity index (χ0) is 47.2. The molecule has 0 radical (unpaired) electrons. The molecule has 0 fully saturated rings. The van der Waals surface area contributed by atoms with Gasteiger partial charge in [0.25, 0.3) is 0 Å². The van der Waals surface area contributed by atoms with Gasteiger partial charge in [0.15, 0.2) is 6.10 Å². The molecule has 0 saturated heterocycles. The zero-order valence-corrected chi connectivity index (χ0v) is 42.2. The first-order valence-corrected chi connectivity index (χ1v) is 26.7. The van der Waals surface area contributed by atoms with Crippen molar-refractivity contribution in [3.63, 3.8) is 0 Å². The predicted octanol–water partition coefficient (Wildman–Crippen LogP) is 17.8. The molecule has 0 heterocycles. The molecule has 6 heteroatoms. The van der Waals surface area contributed by atoms with Gasteiger partial charge in [-0.2, -0.15) is 0 Å². The molecule has 65 heavy (non-hydrogen) atoms. The standard InChI is InChI=1S/C59H98O6/c1-4-7-10-13-16-19-22-24-26-28-29-30-31-32-34-35-37-40-43-46-49-52-58(61)64-55-56(54-63-57(60)51-48-45-42-39-21-18-15-12-9-6-3)65-59(62)53-50-47-44-41-38-36-33-27-25-23-20-17-14-11-8-5-2/h7,10,12,15-16,19,24,26-27,29-30,32-34,37,40,56H,4-6,8-9,11,13-14,17-18,20-23,25,28,31,35-36,38-39,41-55H2,1-3H3/b10-7-,15-12-,19-16-,26-24-,30-29-,33-27-,34-32-,40-37-. The Kier molecular flexibility index (Phi) is 50.0. The summed E-state index contributed by atoms with van der Waals surface area (Å²) in [5.41, 5.74) is 0. The van der Waals surface area contributed by atoms with Crippen LogP contribution >= 0.6 is 0 Å². The maximum absolute atomic E-state index is 12.8. The maximum Gasteiger partial charge on any atom is 0.306 e.